The summed E-state index contributed by atoms with van der Waals surface area (Å²) in [7, 11) is 3.48. The van der Waals surface area contributed by atoms with Crippen molar-refractivity contribution in [2.45, 2.75) is 27.3 Å². The highest BCUT2D eigenvalue weighted by molar-refractivity contribution is 5.95. The largest absolute Gasteiger partial charge is 0.465 e. The SMILES string of the molecule is Cc1ccc(CN(C)CC(=O)N(C)CC(=O)Nc2c(C)cccc2C)o1. The van der Waals surface area contributed by atoms with Crippen LogP contribution in [0.5, 0.6) is 0 Å². The number of furan rings is 1. The Hall–Kier alpha value is -2.60. The van der Waals surface area contributed by atoms with Gasteiger partial charge in [-0.3, -0.25) is 14.5 Å². The lowest BCUT2D eigenvalue weighted by Crippen LogP contribution is -2.40. The van der Waals surface area contributed by atoms with E-state index in [0.29, 0.717) is 6.54 Å². The van der Waals surface area contributed by atoms with Gasteiger partial charge in [-0.25, -0.2) is 0 Å². The minimum atomic E-state index is -0.206. The third-order valence-corrected chi connectivity index (χ3v) is 4.18. The molecule has 1 N–H and O–H groups in total. The quantitative estimate of drug-likeness (QED) is 0.827. The highest BCUT2D eigenvalue weighted by Gasteiger charge is 2.16. The second-order valence-electron chi connectivity index (χ2n) is 6.75. The van der Waals surface area contributed by atoms with Gasteiger partial charge in [-0.15, -0.1) is 0 Å². The first-order valence-electron chi connectivity index (χ1n) is 8.60. The van der Waals surface area contributed by atoms with Gasteiger partial charge in [0.2, 0.25) is 11.8 Å². The number of benzene rings is 1. The van der Waals surface area contributed by atoms with Gasteiger partial charge >= 0.3 is 0 Å². The van der Waals surface area contributed by atoms with E-state index in [9.17, 15) is 9.59 Å². The van der Waals surface area contributed by atoms with Crippen molar-refractivity contribution in [3.63, 3.8) is 0 Å². The summed E-state index contributed by atoms with van der Waals surface area (Å²) in [5.74, 6) is 1.34. The van der Waals surface area contributed by atoms with Crippen LogP contribution in [0.3, 0.4) is 0 Å². The van der Waals surface area contributed by atoms with E-state index in [0.717, 1.165) is 28.3 Å². The van der Waals surface area contributed by atoms with E-state index in [2.05, 4.69) is 5.32 Å². The Balaban J connectivity index is 1.85. The highest BCUT2D eigenvalue weighted by Crippen LogP contribution is 2.19. The molecule has 0 saturated carbocycles. The Morgan fingerprint density at radius 1 is 1.00 bits per heavy atom. The maximum absolute atomic E-state index is 12.3. The number of nitrogens with zero attached hydrogens (tertiary/aromatic N) is 2. The number of amides is 2. The van der Waals surface area contributed by atoms with E-state index in [4.69, 9.17) is 4.42 Å². The smallest absolute Gasteiger partial charge is 0.243 e. The van der Waals surface area contributed by atoms with Gasteiger partial charge in [0.15, 0.2) is 0 Å². The van der Waals surface area contributed by atoms with E-state index in [1.54, 1.807) is 7.05 Å². The van der Waals surface area contributed by atoms with Crippen LogP contribution in [-0.4, -0.2) is 48.8 Å². The lowest BCUT2D eigenvalue weighted by molar-refractivity contribution is -0.134. The highest BCUT2D eigenvalue weighted by atomic mass is 16.3. The zero-order valence-corrected chi connectivity index (χ0v) is 16.1. The van der Waals surface area contributed by atoms with Gasteiger partial charge in [0.25, 0.3) is 0 Å². The van der Waals surface area contributed by atoms with Crippen LogP contribution in [0.2, 0.25) is 0 Å². The number of anilines is 1. The molecule has 0 fully saturated rings. The van der Waals surface area contributed by atoms with E-state index >= 15 is 0 Å². The van der Waals surface area contributed by atoms with Gasteiger partial charge < -0.3 is 14.6 Å². The maximum atomic E-state index is 12.3. The van der Waals surface area contributed by atoms with Crippen molar-refractivity contribution in [3.8, 4) is 0 Å². The molecule has 140 valence electrons. The molecule has 6 nitrogen and oxygen atoms in total. The molecule has 0 bridgehead atoms. The molecule has 6 heteroatoms. The normalized spacial score (nSPS) is 10.8. The second kappa shape index (κ2) is 8.67. The van der Waals surface area contributed by atoms with Gasteiger partial charge in [0.1, 0.15) is 11.5 Å². The fourth-order valence-electron chi connectivity index (χ4n) is 2.74. The van der Waals surface area contributed by atoms with Crippen molar-refractivity contribution in [1.82, 2.24) is 9.80 Å². The Labute approximate surface area is 154 Å². The second-order valence-corrected chi connectivity index (χ2v) is 6.75. The van der Waals surface area contributed by atoms with Crippen molar-refractivity contribution in [3.05, 3.63) is 53.0 Å². The number of likely N-dealkylation sites (N-methyl/N-ethyl adjacent to an activating group) is 2. The summed E-state index contributed by atoms with van der Waals surface area (Å²) in [4.78, 5) is 27.9. The number of carbonyl (C=O) groups excluding carboxylic acids is 2. The van der Waals surface area contributed by atoms with Gasteiger partial charge in [-0.2, -0.15) is 0 Å². The molecule has 0 aliphatic rings. The molecule has 2 rings (SSSR count). The molecule has 1 heterocycles. The number of hydrogen-bond donors (Lipinski definition) is 1. The molecule has 0 unspecified atom stereocenters. The molecular weight excluding hydrogens is 330 g/mol. The average Bonchev–Trinajstić information content (AvgIpc) is 2.95. The Morgan fingerprint density at radius 2 is 1.65 bits per heavy atom. The lowest BCUT2D eigenvalue weighted by Gasteiger charge is -2.21. The first-order valence-corrected chi connectivity index (χ1v) is 8.60. The number of rotatable bonds is 7. The van der Waals surface area contributed by atoms with Crippen LogP contribution in [-0.2, 0) is 16.1 Å². The molecule has 2 aromatic rings. The molecule has 0 atom stereocenters. The average molecular weight is 357 g/mol. The van der Waals surface area contributed by atoms with Gasteiger partial charge in [-0.1, -0.05) is 18.2 Å². The van der Waals surface area contributed by atoms with Gasteiger partial charge in [-0.05, 0) is 51.1 Å². The molecule has 1 aromatic heterocycles. The summed E-state index contributed by atoms with van der Waals surface area (Å²) < 4.78 is 5.52. The standard InChI is InChI=1S/C20H27N3O3/c1-14-7-6-8-15(2)20(14)21-18(24)12-23(5)19(25)13-22(4)11-17-10-9-16(3)26-17/h6-10H,11-13H2,1-5H3,(H,21,24). The molecule has 2 amide bonds. The summed E-state index contributed by atoms with van der Waals surface area (Å²) in [6.45, 7) is 6.55. The fraction of sp³-hybridized carbons (Fsp3) is 0.400. The molecule has 26 heavy (non-hydrogen) atoms. The summed E-state index contributed by atoms with van der Waals surface area (Å²) in [5.41, 5.74) is 2.81. The third-order valence-electron chi connectivity index (χ3n) is 4.18. The maximum Gasteiger partial charge on any atom is 0.243 e. The molecular formula is C20H27N3O3. The van der Waals surface area contributed by atoms with Crippen LogP contribution in [0, 0.1) is 20.8 Å². The zero-order chi connectivity index (χ0) is 19.3. The number of nitrogens with one attached hydrogen (secondary N) is 1. The lowest BCUT2D eigenvalue weighted by atomic mass is 10.1. The van der Waals surface area contributed by atoms with E-state index in [1.165, 1.54) is 4.90 Å². The molecule has 0 aliphatic heterocycles. The minimum absolute atomic E-state index is 0.0142. The summed E-state index contributed by atoms with van der Waals surface area (Å²) in [5, 5.41) is 2.90. The molecule has 0 radical (unpaired) electrons. The van der Waals surface area contributed by atoms with Crippen LogP contribution < -0.4 is 5.32 Å². The van der Waals surface area contributed by atoms with Crippen molar-refractivity contribution in [1.29, 1.82) is 0 Å². The van der Waals surface area contributed by atoms with E-state index in [1.807, 2.05) is 63.1 Å². The molecule has 0 aliphatic carbocycles. The summed E-state index contributed by atoms with van der Waals surface area (Å²) in [6, 6.07) is 9.64. The van der Waals surface area contributed by atoms with E-state index in [-0.39, 0.29) is 24.9 Å². The molecule has 1 aromatic carbocycles. The van der Waals surface area contributed by atoms with Crippen LogP contribution >= 0.6 is 0 Å². The zero-order valence-electron chi connectivity index (χ0n) is 16.1. The van der Waals surface area contributed by atoms with Gasteiger partial charge in [0, 0.05) is 12.7 Å². The van der Waals surface area contributed by atoms with Crippen molar-refractivity contribution in [2.75, 3.05) is 32.5 Å². The Morgan fingerprint density at radius 3 is 2.23 bits per heavy atom. The number of aryl methyl sites for hydroxylation is 3. The fourth-order valence-corrected chi connectivity index (χ4v) is 2.74. The van der Waals surface area contributed by atoms with Crippen LogP contribution in [0.4, 0.5) is 5.69 Å². The Kier molecular flexibility index (Phi) is 6.58. The predicted molar refractivity (Wildman–Crippen MR) is 102 cm³/mol. The van der Waals surface area contributed by atoms with Crippen molar-refractivity contribution < 1.29 is 14.0 Å². The van der Waals surface area contributed by atoms with Crippen molar-refractivity contribution in [2.24, 2.45) is 0 Å². The first kappa shape index (κ1) is 19.7. The van der Waals surface area contributed by atoms with Crippen LogP contribution in [0.25, 0.3) is 0 Å². The summed E-state index contributed by atoms with van der Waals surface area (Å²) in [6.07, 6.45) is 0. The topological polar surface area (TPSA) is 65.8 Å². The number of hydrogen-bond acceptors (Lipinski definition) is 4. The monoisotopic (exact) mass is 357 g/mol. The van der Waals surface area contributed by atoms with Crippen LogP contribution in [0.15, 0.2) is 34.7 Å². The molecule has 0 saturated heterocycles. The van der Waals surface area contributed by atoms with Crippen molar-refractivity contribution >= 4 is 17.5 Å². The minimum Gasteiger partial charge on any atom is -0.465 e. The first-order chi connectivity index (χ1) is 12.3. The van der Waals surface area contributed by atoms with E-state index < -0.39 is 0 Å². The number of carbonyl (C=O) groups is 2. The van der Waals surface area contributed by atoms with Crippen LogP contribution in [0.1, 0.15) is 22.6 Å². The Bertz CT molecular complexity index is 762. The summed E-state index contributed by atoms with van der Waals surface area (Å²) >= 11 is 0. The predicted octanol–water partition coefficient (Wildman–Crippen LogP) is 2.73. The van der Waals surface area contributed by atoms with Gasteiger partial charge in [0.05, 0.1) is 19.6 Å². The molecule has 0 spiro atoms. The number of para-hydroxylation sites is 1. The third kappa shape index (κ3) is 5.46.